The van der Waals surface area contributed by atoms with Crippen molar-refractivity contribution >= 4 is 34.2 Å². The van der Waals surface area contributed by atoms with Gasteiger partial charge in [0.1, 0.15) is 22.8 Å². The molecule has 0 saturated carbocycles. The Balaban J connectivity index is 1.36. The molecule has 1 saturated heterocycles. The Morgan fingerprint density at radius 2 is 2.03 bits per heavy atom. The van der Waals surface area contributed by atoms with Crippen molar-refractivity contribution in [2.75, 3.05) is 18.4 Å². The highest BCUT2D eigenvalue weighted by Crippen LogP contribution is 2.32. The van der Waals surface area contributed by atoms with Crippen molar-refractivity contribution in [2.45, 2.75) is 32.2 Å². The van der Waals surface area contributed by atoms with Crippen LogP contribution in [-0.4, -0.2) is 49.9 Å². The fourth-order valence-corrected chi connectivity index (χ4v) is 5.06. The van der Waals surface area contributed by atoms with Crippen LogP contribution in [0.4, 0.5) is 10.2 Å². The Hall–Kier alpha value is -3.46. The number of nitrogens with zero attached hydrogens (tertiary/aromatic N) is 5. The van der Waals surface area contributed by atoms with E-state index in [1.807, 2.05) is 24.0 Å². The minimum atomic E-state index is -0.304. The standard InChI is InChI=1S/C24H23FN6OS/c1-15-29-21(22(33-15)16-7-9-17(25)10-8-16)24(32)31-12-3-2-5-18(31)13-28-20-14-27-19-6-4-11-26-23(19)30-20/h4,6-11,14,18H,2-3,5,12-13H2,1H3,(H,26,28,30). The molecule has 0 aliphatic carbocycles. The van der Waals surface area contributed by atoms with Crippen molar-refractivity contribution in [3.63, 3.8) is 0 Å². The van der Waals surface area contributed by atoms with Crippen LogP contribution in [0.3, 0.4) is 0 Å². The fourth-order valence-electron chi connectivity index (χ4n) is 4.14. The Kier molecular flexibility index (Phi) is 5.95. The Labute approximate surface area is 194 Å². The number of aryl methyl sites for hydroxylation is 1. The Bertz CT molecular complexity index is 1290. The van der Waals surface area contributed by atoms with Gasteiger partial charge in [-0.2, -0.15) is 0 Å². The summed E-state index contributed by atoms with van der Waals surface area (Å²) in [5.41, 5.74) is 2.56. The van der Waals surface area contributed by atoms with E-state index in [4.69, 9.17) is 0 Å². The van der Waals surface area contributed by atoms with Gasteiger partial charge in [0.2, 0.25) is 0 Å². The number of thiazole rings is 1. The second-order valence-corrected chi connectivity index (χ2v) is 9.25. The summed E-state index contributed by atoms with van der Waals surface area (Å²) < 4.78 is 13.4. The molecule has 5 rings (SSSR count). The number of benzene rings is 1. The smallest absolute Gasteiger partial charge is 0.274 e. The lowest BCUT2D eigenvalue weighted by Crippen LogP contribution is -2.47. The van der Waals surface area contributed by atoms with E-state index >= 15 is 0 Å². The van der Waals surface area contributed by atoms with E-state index in [0.717, 1.165) is 40.2 Å². The maximum absolute atomic E-state index is 13.6. The predicted octanol–water partition coefficient (Wildman–Crippen LogP) is 4.70. The zero-order chi connectivity index (χ0) is 22.8. The highest BCUT2D eigenvalue weighted by atomic mass is 32.1. The summed E-state index contributed by atoms with van der Waals surface area (Å²) in [6.07, 6.45) is 6.29. The van der Waals surface area contributed by atoms with Crippen molar-refractivity contribution < 1.29 is 9.18 Å². The number of anilines is 1. The summed E-state index contributed by atoms with van der Waals surface area (Å²) in [5, 5.41) is 4.14. The van der Waals surface area contributed by atoms with Crippen LogP contribution in [0.25, 0.3) is 21.6 Å². The first-order valence-corrected chi connectivity index (χ1v) is 11.8. The topological polar surface area (TPSA) is 83.9 Å². The number of carbonyl (C=O) groups is 1. The molecular weight excluding hydrogens is 439 g/mol. The van der Waals surface area contributed by atoms with E-state index in [9.17, 15) is 9.18 Å². The monoisotopic (exact) mass is 462 g/mol. The van der Waals surface area contributed by atoms with E-state index in [0.29, 0.717) is 30.2 Å². The third kappa shape index (κ3) is 4.54. The third-order valence-corrected chi connectivity index (χ3v) is 6.79. The van der Waals surface area contributed by atoms with Gasteiger partial charge in [-0.3, -0.25) is 4.79 Å². The number of fused-ring (bicyclic) bond motifs is 1. The van der Waals surface area contributed by atoms with Gasteiger partial charge < -0.3 is 10.2 Å². The molecule has 1 unspecified atom stereocenters. The summed E-state index contributed by atoms with van der Waals surface area (Å²) in [6, 6.07) is 9.92. The predicted molar refractivity (Wildman–Crippen MR) is 127 cm³/mol. The average molecular weight is 463 g/mol. The highest BCUT2D eigenvalue weighted by molar-refractivity contribution is 7.15. The number of aromatic nitrogens is 4. The van der Waals surface area contributed by atoms with Gasteiger partial charge in [0.25, 0.3) is 5.91 Å². The normalized spacial score (nSPS) is 16.2. The van der Waals surface area contributed by atoms with E-state index in [1.165, 1.54) is 23.5 Å². The van der Waals surface area contributed by atoms with Crippen molar-refractivity contribution in [3.8, 4) is 10.4 Å². The van der Waals surface area contributed by atoms with Crippen LogP contribution >= 0.6 is 11.3 Å². The summed E-state index contributed by atoms with van der Waals surface area (Å²) in [4.78, 5) is 34.0. The molecule has 0 spiro atoms. The fraction of sp³-hybridized carbons (Fsp3) is 0.292. The van der Waals surface area contributed by atoms with E-state index in [2.05, 4.69) is 25.3 Å². The molecule has 1 aliphatic heterocycles. The molecule has 1 aromatic carbocycles. The molecule has 168 valence electrons. The van der Waals surface area contributed by atoms with Gasteiger partial charge in [0.15, 0.2) is 5.65 Å². The molecule has 1 atom stereocenters. The van der Waals surface area contributed by atoms with Crippen LogP contribution in [0, 0.1) is 12.7 Å². The summed E-state index contributed by atoms with van der Waals surface area (Å²) in [7, 11) is 0. The number of amides is 1. The number of likely N-dealkylation sites (tertiary alicyclic amines) is 1. The number of hydrogen-bond acceptors (Lipinski definition) is 7. The number of hydrogen-bond donors (Lipinski definition) is 1. The number of carbonyl (C=O) groups excluding carboxylic acids is 1. The number of halogens is 1. The molecule has 1 amide bonds. The number of nitrogens with one attached hydrogen (secondary N) is 1. The number of piperidine rings is 1. The van der Waals surface area contributed by atoms with Crippen molar-refractivity contribution in [1.29, 1.82) is 0 Å². The molecule has 33 heavy (non-hydrogen) atoms. The maximum Gasteiger partial charge on any atom is 0.274 e. The van der Waals surface area contributed by atoms with Gasteiger partial charge in [0.05, 0.1) is 16.1 Å². The first-order valence-electron chi connectivity index (χ1n) is 10.9. The Morgan fingerprint density at radius 1 is 1.18 bits per heavy atom. The van der Waals surface area contributed by atoms with Crippen molar-refractivity contribution in [3.05, 3.63) is 65.3 Å². The summed E-state index contributed by atoms with van der Waals surface area (Å²) in [5.74, 6) is 0.245. The van der Waals surface area contributed by atoms with Crippen LogP contribution < -0.4 is 5.32 Å². The second kappa shape index (κ2) is 9.19. The Morgan fingerprint density at radius 3 is 2.88 bits per heavy atom. The lowest BCUT2D eigenvalue weighted by atomic mass is 10.0. The van der Waals surface area contributed by atoms with Gasteiger partial charge in [-0.05, 0) is 56.0 Å². The number of rotatable bonds is 5. The second-order valence-electron chi connectivity index (χ2n) is 8.05. The van der Waals surface area contributed by atoms with Crippen LogP contribution in [0.5, 0.6) is 0 Å². The molecule has 0 bridgehead atoms. The zero-order valence-electron chi connectivity index (χ0n) is 18.2. The molecule has 4 aromatic rings. The first-order chi connectivity index (χ1) is 16.1. The molecule has 0 radical (unpaired) electrons. The van der Waals surface area contributed by atoms with E-state index in [-0.39, 0.29) is 17.8 Å². The van der Waals surface area contributed by atoms with Gasteiger partial charge >= 0.3 is 0 Å². The lowest BCUT2D eigenvalue weighted by molar-refractivity contribution is 0.0623. The van der Waals surface area contributed by atoms with Crippen molar-refractivity contribution in [2.24, 2.45) is 0 Å². The molecule has 4 heterocycles. The quantitative estimate of drug-likeness (QED) is 0.463. The average Bonchev–Trinajstić information content (AvgIpc) is 3.24. The summed E-state index contributed by atoms with van der Waals surface area (Å²) in [6.45, 7) is 3.12. The number of pyridine rings is 1. The van der Waals surface area contributed by atoms with Gasteiger partial charge in [0, 0.05) is 25.3 Å². The highest BCUT2D eigenvalue weighted by Gasteiger charge is 2.31. The minimum absolute atomic E-state index is 0.00977. The molecule has 9 heteroatoms. The van der Waals surface area contributed by atoms with Crippen LogP contribution in [0.1, 0.15) is 34.8 Å². The SMILES string of the molecule is Cc1nc(C(=O)N2CCCCC2CNc2cnc3cccnc3n2)c(-c2ccc(F)cc2)s1. The van der Waals surface area contributed by atoms with Crippen molar-refractivity contribution in [1.82, 2.24) is 24.8 Å². The van der Waals surface area contributed by atoms with Gasteiger partial charge in [-0.1, -0.05) is 12.1 Å². The molecule has 1 N–H and O–H groups in total. The third-order valence-electron chi connectivity index (χ3n) is 5.77. The lowest BCUT2D eigenvalue weighted by Gasteiger charge is -2.35. The molecule has 1 fully saturated rings. The largest absolute Gasteiger partial charge is 0.367 e. The molecular formula is C24H23FN6OS. The van der Waals surface area contributed by atoms with Crippen LogP contribution in [0.15, 0.2) is 48.8 Å². The van der Waals surface area contributed by atoms with Gasteiger partial charge in [-0.25, -0.2) is 24.3 Å². The zero-order valence-corrected chi connectivity index (χ0v) is 19.0. The molecule has 7 nitrogen and oxygen atoms in total. The minimum Gasteiger partial charge on any atom is -0.367 e. The maximum atomic E-state index is 13.6. The van der Waals surface area contributed by atoms with Crippen LogP contribution in [-0.2, 0) is 0 Å². The molecule has 1 aliphatic rings. The van der Waals surface area contributed by atoms with E-state index < -0.39 is 0 Å². The summed E-state index contributed by atoms with van der Waals surface area (Å²) >= 11 is 1.46. The van der Waals surface area contributed by atoms with Crippen LogP contribution in [0.2, 0.25) is 0 Å². The van der Waals surface area contributed by atoms with E-state index in [1.54, 1.807) is 24.5 Å². The van der Waals surface area contributed by atoms with Gasteiger partial charge in [-0.15, -0.1) is 11.3 Å². The molecule has 3 aromatic heterocycles. The first kappa shape index (κ1) is 21.4.